The first kappa shape index (κ1) is 23.4. The van der Waals surface area contributed by atoms with Crippen LogP contribution in [0, 0.1) is 11.3 Å². The molecule has 0 saturated heterocycles. The number of hydrogen-bond acceptors (Lipinski definition) is 5. The van der Waals surface area contributed by atoms with Gasteiger partial charge in [0.15, 0.2) is 0 Å². The summed E-state index contributed by atoms with van der Waals surface area (Å²) in [5.41, 5.74) is 2.70. The maximum Gasteiger partial charge on any atom is 0.262 e. The molecule has 1 unspecified atom stereocenters. The van der Waals surface area contributed by atoms with Gasteiger partial charge in [-0.1, -0.05) is 54.6 Å². The lowest BCUT2D eigenvalue weighted by atomic mass is 10.0. The van der Waals surface area contributed by atoms with Crippen LogP contribution >= 0.6 is 0 Å². The van der Waals surface area contributed by atoms with Crippen LogP contribution in [-0.2, 0) is 22.6 Å². The Kier molecular flexibility index (Phi) is 6.98. The van der Waals surface area contributed by atoms with E-state index in [1.54, 1.807) is 54.6 Å². The third-order valence-corrected chi connectivity index (χ3v) is 5.66. The second-order valence-corrected chi connectivity index (χ2v) is 8.03. The van der Waals surface area contributed by atoms with Crippen molar-refractivity contribution in [2.24, 2.45) is 0 Å². The molecule has 3 aromatic rings. The normalized spacial score (nSPS) is 13.1. The first-order valence-electron chi connectivity index (χ1n) is 11.0. The predicted octanol–water partition coefficient (Wildman–Crippen LogP) is 3.06. The van der Waals surface area contributed by atoms with Crippen molar-refractivity contribution in [3.8, 4) is 6.07 Å². The molecule has 8 nitrogen and oxygen atoms in total. The van der Waals surface area contributed by atoms with Crippen LogP contribution in [0.3, 0.4) is 0 Å². The highest BCUT2D eigenvalue weighted by molar-refractivity contribution is 6.22. The van der Waals surface area contributed by atoms with Gasteiger partial charge in [-0.05, 0) is 35.4 Å². The fourth-order valence-corrected chi connectivity index (χ4v) is 3.92. The van der Waals surface area contributed by atoms with E-state index in [1.165, 1.54) is 0 Å². The molecule has 1 aliphatic rings. The Balaban J connectivity index is 1.50. The van der Waals surface area contributed by atoms with Gasteiger partial charge in [0.25, 0.3) is 11.8 Å². The van der Waals surface area contributed by atoms with Gasteiger partial charge in [-0.25, -0.2) is 0 Å². The first-order chi connectivity index (χ1) is 17.0. The molecule has 35 heavy (non-hydrogen) atoms. The molecule has 0 aromatic heterocycles. The molecule has 3 aromatic carbocycles. The molecular formula is C27H22N4O4. The molecule has 1 heterocycles. The van der Waals surface area contributed by atoms with Crippen LogP contribution in [0.15, 0.2) is 78.9 Å². The van der Waals surface area contributed by atoms with E-state index < -0.39 is 29.7 Å². The average molecular weight is 466 g/mol. The highest BCUT2D eigenvalue weighted by Gasteiger charge is 2.42. The smallest absolute Gasteiger partial charge is 0.262 e. The minimum Gasteiger partial charge on any atom is -0.350 e. The van der Waals surface area contributed by atoms with Crippen molar-refractivity contribution < 1.29 is 19.2 Å². The molecule has 0 saturated carbocycles. The number of hydrogen-bond donors (Lipinski definition) is 2. The Hall–Kier alpha value is -4.77. The number of amides is 4. The van der Waals surface area contributed by atoms with Gasteiger partial charge >= 0.3 is 0 Å². The summed E-state index contributed by atoms with van der Waals surface area (Å²) in [5, 5.41) is 14.0. The quantitative estimate of drug-likeness (QED) is 0.495. The van der Waals surface area contributed by atoms with E-state index in [9.17, 15) is 19.2 Å². The van der Waals surface area contributed by atoms with Crippen molar-refractivity contribution in [2.45, 2.75) is 25.4 Å². The van der Waals surface area contributed by atoms with Crippen molar-refractivity contribution in [1.29, 1.82) is 5.26 Å². The lowest BCUT2D eigenvalue weighted by molar-refractivity contribution is -0.125. The number of rotatable bonds is 8. The van der Waals surface area contributed by atoms with Crippen molar-refractivity contribution in [1.82, 2.24) is 10.2 Å². The maximum absolute atomic E-state index is 13.3. The Labute approximate surface area is 202 Å². The first-order valence-corrected chi connectivity index (χ1v) is 11.0. The molecule has 2 N–H and O–H groups in total. The Morgan fingerprint density at radius 2 is 1.43 bits per heavy atom. The lowest BCUT2D eigenvalue weighted by Crippen LogP contribution is -2.50. The topological polar surface area (TPSA) is 119 Å². The van der Waals surface area contributed by atoms with E-state index >= 15 is 0 Å². The molecule has 0 bridgehead atoms. The van der Waals surface area contributed by atoms with Gasteiger partial charge < -0.3 is 10.6 Å². The molecular weight excluding hydrogens is 444 g/mol. The van der Waals surface area contributed by atoms with Crippen LogP contribution in [0.25, 0.3) is 0 Å². The molecule has 8 heteroatoms. The summed E-state index contributed by atoms with van der Waals surface area (Å²) in [4.78, 5) is 52.0. The van der Waals surface area contributed by atoms with E-state index in [4.69, 9.17) is 5.26 Å². The molecule has 174 valence electrons. The lowest BCUT2D eigenvalue weighted by Gasteiger charge is -2.25. The van der Waals surface area contributed by atoms with E-state index in [-0.39, 0.29) is 30.5 Å². The second kappa shape index (κ2) is 10.4. The van der Waals surface area contributed by atoms with Gasteiger partial charge in [0, 0.05) is 18.7 Å². The second-order valence-electron chi connectivity index (χ2n) is 8.03. The van der Waals surface area contributed by atoms with Gasteiger partial charge in [0.2, 0.25) is 11.8 Å². The number of imide groups is 1. The number of benzene rings is 3. The molecule has 4 amide bonds. The fourth-order valence-electron chi connectivity index (χ4n) is 3.92. The van der Waals surface area contributed by atoms with Crippen LogP contribution in [-0.4, -0.2) is 34.6 Å². The van der Waals surface area contributed by atoms with Crippen molar-refractivity contribution in [3.63, 3.8) is 0 Å². The maximum atomic E-state index is 13.3. The fraction of sp³-hybridized carbons (Fsp3) is 0.148. The number of nitriles is 1. The number of carbonyl (C=O) groups excluding carboxylic acids is 4. The summed E-state index contributed by atoms with van der Waals surface area (Å²) < 4.78 is 0. The predicted molar refractivity (Wildman–Crippen MR) is 128 cm³/mol. The number of carbonyl (C=O) groups is 4. The van der Waals surface area contributed by atoms with Crippen LogP contribution in [0.4, 0.5) is 5.69 Å². The molecule has 4 rings (SSSR count). The van der Waals surface area contributed by atoms with E-state index in [0.29, 0.717) is 5.69 Å². The summed E-state index contributed by atoms with van der Waals surface area (Å²) in [6, 6.07) is 23.3. The van der Waals surface area contributed by atoms with Crippen LogP contribution in [0.1, 0.15) is 38.3 Å². The molecule has 1 atom stereocenters. The van der Waals surface area contributed by atoms with Gasteiger partial charge in [0.05, 0.1) is 17.2 Å². The molecule has 0 spiro atoms. The molecule has 0 radical (unpaired) electrons. The van der Waals surface area contributed by atoms with Gasteiger partial charge in [-0.2, -0.15) is 5.26 Å². The SMILES string of the molecule is N#CCC(=O)Nc1ccc(CNC(=O)C(Cc2ccccc2)N2C(=O)c3ccccc3C2=O)cc1. The largest absolute Gasteiger partial charge is 0.350 e. The summed E-state index contributed by atoms with van der Waals surface area (Å²) in [6.45, 7) is 0.166. The highest BCUT2D eigenvalue weighted by Crippen LogP contribution is 2.26. The minimum atomic E-state index is -1.02. The standard InChI is InChI=1S/C27H22N4O4/c28-15-14-24(32)30-20-12-10-19(11-13-20)17-29-25(33)23(16-18-6-2-1-3-7-18)31-26(34)21-8-4-5-9-22(21)27(31)35/h1-13,23H,14,16-17H2,(H,29,33)(H,30,32). The van der Waals surface area contributed by atoms with Crippen molar-refractivity contribution in [3.05, 3.63) is 101 Å². The highest BCUT2D eigenvalue weighted by atomic mass is 16.2. The summed E-state index contributed by atoms with van der Waals surface area (Å²) in [6.07, 6.45) is -0.0551. The number of nitrogens with zero attached hydrogens (tertiary/aromatic N) is 2. The summed E-state index contributed by atoms with van der Waals surface area (Å²) >= 11 is 0. The van der Waals surface area contributed by atoms with Gasteiger partial charge in [-0.3, -0.25) is 24.1 Å². The van der Waals surface area contributed by atoms with Crippen LogP contribution < -0.4 is 10.6 Å². The zero-order valence-corrected chi connectivity index (χ0v) is 18.7. The van der Waals surface area contributed by atoms with E-state index in [0.717, 1.165) is 16.0 Å². The van der Waals surface area contributed by atoms with Crippen LogP contribution in [0.5, 0.6) is 0 Å². The zero-order valence-electron chi connectivity index (χ0n) is 18.7. The van der Waals surface area contributed by atoms with E-state index in [2.05, 4.69) is 10.6 Å². The van der Waals surface area contributed by atoms with Crippen LogP contribution in [0.2, 0.25) is 0 Å². The third-order valence-electron chi connectivity index (χ3n) is 5.66. The Morgan fingerprint density at radius 3 is 2.03 bits per heavy atom. The summed E-state index contributed by atoms with van der Waals surface area (Å²) in [5.74, 6) is -1.83. The Morgan fingerprint density at radius 1 is 0.829 bits per heavy atom. The number of nitrogens with one attached hydrogen (secondary N) is 2. The number of fused-ring (bicyclic) bond motifs is 1. The molecule has 1 aliphatic heterocycles. The molecule has 0 aliphatic carbocycles. The summed E-state index contributed by atoms with van der Waals surface area (Å²) in [7, 11) is 0. The number of anilines is 1. The van der Waals surface area contributed by atoms with Gasteiger partial charge in [0.1, 0.15) is 12.5 Å². The van der Waals surface area contributed by atoms with E-state index in [1.807, 2.05) is 30.3 Å². The Bertz CT molecular complexity index is 1280. The van der Waals surface area contributed by atoms with Gasteiger partial charge in [-0.15, -0.1) is 0 Å². The average Bonchev–Trinajstić information content (AvgIpc) is 3.12. The minimum absolute atomic E-state index is 0.166. The van der Waals surface area contributed by atoms with Crippen molar-refractivity contribution in [2.75, 3.05) is 5.32 Å². The zero-order chi connectivity index (χ0) is 24.8. The third kappa shape index (κ3) is 5.25. The monoisotopic (exact) mass is 466 g/mol. The molecule has 0 fully saturated rings. The van der Waals surface area contributed by atoms with Crippen molar-refractivity contribution >= 4 is 29.3 Å².